The molecule has 1 heterocycles. The number of hydrogen-bond acceptors (Lipinski definition) is 4. The lowest BCUT2D eigenvalue weighted by Gasteiger charge is -2.26. The van der Waals surface area contributed by atoms with Crippen molar-refractivity contribution >= 4 is 29.1 Å². The Bertz CT molecular complexity index is 958. The van der Waals surface area contributed by atoms with E-state index in [1.165, 1.54) is 6.42 Å². The lowest BCUT2D eigenvalue weighted by molar-refractivity contribution is -0.114. The number of rotatable bonds is 6. The van der Waals surface area contributed by atoms with Gasteiger partial charge in [0.15, 0.2) is 0 Å². The van der Waals surface area contributed by atoms with Crippen molar-refractivity contribution < 1.29 is 14.4 Å². The van der Waals surface area contributed by atoms with Crippen LogP contribution >= 0.6 is 0 Å². The predicted molar refractivity (Wildman–Crippen MR) is 127 cm³/mol. The molecule has 0 atom stereocenters. The Kier molecular flexibility index (Phi) is 7.51. The molecule has 1 aliphatic heterocycles. The fourth-order valence-electron chi connectivity index (χ4n) is 3.55. The Morgan fingerprint density at radius 3 is 2.22 bits per heavy atom. The van der Waals surface area contributed by atoms with Gasteiger partial charge in [-0.15, -0.1) is 0 Å². The first-order valence-corrected chi connectivity index (χ1v) is 11.1. The molecule has 0 spiro atoms. The van der Waals surface area contributed by atoms with E-state index in [2.05, 4.69) is 16.0 Å². The zero-order valence-electron chi connectivity index (χ0n) is 19.0. The van der Waals surface area contributed by atoms with Gasteiger partial charge in [0, 0.05) is 41.1 Å². The number of hydrogen-bond donors (Lipinski definition) is 3. The van der Waals surface area contributed by atoms with Gasteiger partial charge in [0.25, 0.3) is 11.8 Å². The van der Waals surface area contributed by atoms with Gasteiger partial charge < -0.3 is 20.9 Å². The summed E-state index contributed by atoms with van der Waals surface area (Å²) < 4.78 is 0. The summed E-state index contributed by atoms with van der Waals surface area (Å²) in [6, 6.07) is 14.0. The number of piperidine rings is 1. The quantitative estimate of drug-likeness (QED) is 0.641. The maximum atomic E-state index is 12.7. The highest BCUT2D eigenvalue weighted by atomic mass is 16.2. The summed E-state index contributed by atoms with van der Waals surface area (Å²) in [4.78, 5) is 39.1. The topological polar surface area (TPSA) is 90.5 Å². The molecular formula is C25H32N4O3. The van der Waals surface area contributed by atoms with Crippen LogP contribution in [0.3, 0.4) is 0 Å². The van der Waals surface area contributed by atoms with Crippen LogP contribution in [0.1, 0.15) is 60.7 Å². The Balaban J connectivity index is 1.51. The smallest absolute Gasteiger partial charge is 0.253 e. The second kappa shape index (κ2) is 10.3. The molecule has 170 valence electrons. The number of amides is 3. The van der Waals surface area contributed by atoms with Crippen LogP contribution in [-0.2, 0) is 4.79 Å². The third-order valence-corrected chi connectivity index (χ3v) is 5.13. The zero-order chi connectivity index (χ0) is 23.1. The van der Waals surface area contributed by atoms with Gasteiger partial charge in [-0.3, -0.25) is 14.4 Å². The highest BCUT2D eigenvalue weighted by molar-refractivity contribution is 5.97. The number of carbonyl (C=O) groups is 3. The Hall–Kier alpha value is -3.35. The molecule has 0 unspecified atom stereocenters. The molecule has 1 fully saturated rings. The van der Waals surface area contributed by atoms with E-state index in [-0.39, 0.29) is 29.8 Å². The molecule has 32 heavy (non-hydrogen) atoms. The van der Waals surface area contributed by atoms with Crippen LogP contribution in [0.5, 0.6) is 0 Å². The van der Waals surface area contributed by atoms with Crippen LogP contribution in [0.2, 0.25) is 0 Å². The van der Waals surface area contributed by atoms with Crippen LogP contribution in [0.25, 0.3) is 0 Å². The summed E-state index contributed by atoms with van der Waals surface area (Å²) >= 11 is 0. The zero-order valence-corrected chi connectivity index (χ0v) is 19.0. The van der Waals surface area contributed by atoms with Crippen LogP contribution in [-0.4, -0.2) is 47.8 Å². The second-order valence-electron chi connectivity index (χ2n) is 9.12. The van der Waals surface area contributed by atoms with E-state index in [1.807, 2.05) is 37.8 Å². The molecule has 1 aliphatic rings. The van der Waals surface area contributed by atoms with Gasteiger partial charge in [-0.05, 0) is 82.5 Å². The van der Waals surface area contributed by atoms with Crippen LogP contribution < -0.4 is 16.0 Å². The molecule has 3 N–H and O–H groups in total. The summed E-state index contributed by atoms with van der Waals surface area (Å²) in [5.74, 6) is -0.339. The van der Waals surface area contributed by atoms with Crippen LogP contribution in [0, 0.1) is 0 Å². The predicted octanol–water partition coefficient (Wildman–Crippen LogP) is 3.89. The Labute approximate surface area is 189 Å². The minimum atomic E-state index is -0.314. The molecule has 0 aromatic heterocycles. The maximum Gasteiger partial charge on any atom is 0.253 e. The van der Waals surface area contributed by atoms with E-state index in [0.717, 1.165) is 31.6 Å². The molecule has 7 heteroatoms. The van der Waals surface area contributed by atoms with E-state index >= 15 is 0 Å². The van der Waals surface area contributed by atoms with Gasteiger partial charge in [0.1, 0.15) is 0 Å². The molecule has 2 aromatic carbocycles. The van der Waals surface area contributed by atoms with E-state index in [1.54, 1.807) is 36.4 Å². The minimum absolute atomic E-state index is 0.0355. The fourth-order valence-corrected chi connectivity index (χ4v) is 3.55. The first-order valence-electron chi connectivity index (χ1n) is 11.1. The third kappa shape index (κ3) is 6.83. The average Bonchev–Trinajstić information content (AvgIpc) is 2.77. The summed E-state index contributed by atoms with van der Waals surface area (Å²) in [7, 11) is 0. The molecule has 0 saturated carbocycles. The van der Waals surface area contributed by atoms with Crippen molar-refractivity contribution in [2.45, 2.75) is 45.6 Å². The standard InChI is InChI=1S/C25H32N4O3/c1-25(2,3)28-23(31)18-10-12-20(13-11-18)27-22(30)17-26-21-9-7-8-19(16-21)24(32)29-14-5-4-6-15-29/h7-13,16,26H,4-6,14-15,17H2,1-3H3,(H,27,30)(H,28,31). The van der Waals surface area contributed by atoms with Gasteiger partial charge in [-0.1, -0.05) is 6.07 Å². The molecule has 1 saturated heterocycles. The summed E-state index contributed by atoms with van der Waals surface area (Å²) in [6.07, 6.45) is 3.27. The maximum absolute atomic E-state index is 12.7. The van der Waals surface area contributed by atoms with Crippen molar-refractivity contribution in [1.29, 1.82) is 0 Å². The van der Waals surface area contributed by atoms with E-state index < -0.39 is 0 Å². The van der Waals surface area contributed by atoms with Gasteiger partial charge in [-0.25, -0.2) is 0 Å². The summed E-state index contributed by atoms with van der Waals surface area (Å²) in [6.45, 7) is 7.43. The first kappa shape index (κ1) is 23.3. The molecule has 2 aromatic rings. The number of carbonyl (C=O) groups excluding carboxylic acids is 3. The molecular weight excluding hydrogens is 404 g/mol. The number of anilines is 2. The van der Waals surface area contributed by atoms with Crippen molar-refractivity contribution in [2.75, 3.05) is 30.3 Å². The lowest BCUT2D eigenvalue weighted by atomic mass is 10.1. The number of likely N-dealkylation sites (tertiary alicyclic amines) is 1. The van der Waals surface area contributed by atoms with Gasteiger partial charge in [0.05, 0.1) is 6.54 Å². The number of benzene rings is 2. The van der Waals surface area contributed by atoms with Crippen LogP contribution in [0.4, 0.5) is 11.4 Å². The van der Waals surface area contributed by atoms with Crippen molar-refractivity contribution in [3.05, 3.63) is 59.7 Å². The minimum Gasteiger partial charge on any atom is -0.376 e. The fraction of sp³-hybridized carbons (Fsp3) is 0.400. The largest absolute Gasteiger partial charge is 0.376 e. The monoisotopic (exact) mass is 436 g/mol. The normalized spacial score (nSPS) is 13.9. The molecule has 3 amide bonds. The molecule has 0 radical (unpaired) electrons. The van der Waals surface area contributed by atoms with Crippen molar-refractivity contribution in [3.8, 4) is 0 Å². The summed E-state index contributed by atoms with van der Waals surface area (Å²) in [5, 5.41) is 8.78. The van der Waals surface area contributed by atoms with Crippen molar-refractivity contribution in [3.63, 3.8) is 0 Å². The number of nitrogens with one attached hydrogen (secondary N) is 3. The van der Waals surface area contributed by atoms with Crippen LogP contribution in [0.15, 0.2) is 48.5 Å². The highest BCUT2D eigenvalue weighted by Gasteiger charge is 2.18. The average molecular weight is 437 g/mol. The highest BCUT2D eigenvalue weighted by Crippen LogP contribution is 2.17. The summed E-state index contributed by atoms with van der Waals surface area (Å²) in [5.41, 5.74) is 2.17. The first-order chi connectivity index (χ1) is 15.2. The van der Waals surface area contributed by atoms with E-state index in [0.29, 0.717) is 16.8 Å². The Morgan fingerprint density at radius 2 is 1.56 bits per heavy atom. The van der Waals surface area contributed by atoms with E-state index in [9.17, 15) is 14.4 Å². The van der Waals surface area contributed by atoms with Gasteiger partial charge in [-0.2, -0.15) is 0 Å². The third-order valence-electron chi connectivity index (χ3n) is 5.13. The molecule has 0 aliphatic carbocycles. The van der Waals surface area contributed by atoms with Gasteiger partial charge >= 0.3 is 0 Å². The lowest BCUT2D eigenvalue weighted by Crippen LogP contribution is -2.40. The second-order valence-corrected chi connectivity index (χ2v) is 9.12. The van der Waals surface area contributed by atoms with Crippen molar-refractivity contribution in [2.24, 2.45) is 0 Å². The van der Waals surface area contributed by atoms with Crippen molar-refractivity contribution in [1.82, 2.24) is 10.2 Å². The SMILES string of the molecule is CC(C)(C)NC(=O)c1ccc(NC(=O)CNc2cccc(C(=O)N3CCCCC3)c2)cc1. The molecule has 3 rings (SSSR count). The molecule has 7 nitrogen and oxygen atoms in total. The van der Waals surface area contributed by atoms with Gasteiger partial charge in [0.2, 0.25) is 5.91 Å². The number of nitrogens with zero attached hydrogens (tertiary/aromatic N) is 1. The van der Waals surface area contributed by atoms with E-state index in [4.69, 9.17) is 0 Å². The molecule has 0 bridgehead atoms. The Morgan fingerprint density at radius 1 is 0.875 bits per heavy atom.